The molecule has 2 heterocycles. The Morgan fingerprint density at radius 1 is 1.21 bits per heavy atom. The monoisotopic (exact) mass is 411 g/mol. The summed E-state index contributed by atoms with van der Waals surface area (Å²) in [5, 5.41) is 4.73. The SMILES string of the molecule is CC(C)OCOCCCOC1(c2nc(NC=O)nc(Cl)c2NC=O)C=CC=N1. The molecular formula is C17H22ClN5O5. The van der Waals surface area contributed by atoms with Gasteiger partial charge < -0.3 is 19.5 Å². The Morgan fingerprint density at radius 3 is 2.64 bits per heavy atom. The van der Waals surface area contributed by atoms with Crippen molar-refractivity contribution < 1.29 is 23.8 Å². The van der Waals surface area contributed by atoms with Gasteiger partial charge in [0, 0.05) is 6.21 Å². The predicted octanol–water partition coefficient (Wildman–Crippen LogP) is 1.87. The summed E-state index contributed by atoms with van der Waals surface area (Å²) in [6.45, 7) is 4.76. The Kier molecular flexibility index (Phi) is 8.45. The van der Waals surface area contributed by atoms with Crippen LogP contribution in [-0.4, -0.2) is 55.1 Å². The lowest BCUT2D eigenvalue weighted by atomic mass is 10.1. The third-order valence-corrected chi connectivity index (χ3v) is 3.78. The van der Waals surface area contributed by atoms with Gasteiger partial charge in [-0.2, -0.15) is 4.98 Å². The first-order valence-corrected chi connectivity index (χ1v) is 8.95. The van der Waals surface area contributed by atoms with E-state index in [9.17, 15) is 9.59 Å². The number of allylic oxidation sites excluding steroid dienone is 1. The molecule has 0 aliphatic carbocycles. The van der Waals surface area contributed by atoms with Crippen molar-refractivity contribution in [2.45, 2.75) is 32.1 Å². The number of carbonyl (C=O) groups is 2. The topological polar surface area (TPSA) is 124 Å². The van der Waals surface area contributed by atoms with Crippen LogP contribution in [0.4, 0.5) is 11.6 Å². The number of aliphatic imine (C=N–C) groups is 1. The van der Waals surface area contributed by atoms with Gasteiger partial charge >= 0.3 is 0 Å². The Hall–Kier alpha value is -2.40. The highest BCUT2D eigenvalue weighted by molar-refractivity contribution is 6.32. The van der Waals surface area contributed by atoms with E-state index in [0.29, 0.717) is 25.8 Å². The second-order valence-corrected chi connectivity index (χ2v) is 6.22. The molecule has 2 N–H and O–H groups in total. The van der Waals surface area contributed by atoms with Gasteiger partial charge in [0.05, 0.1) is 19.3 Å². The number of hydrogen-bond donors (Lipinski definition) is 2. The van der Waals surface area contributed by atoms with Gasteiger partial charge in [-0.05, 0) is 32.4 Å². The second kappa shape index (κ2) is 10.8. The Labute approximate surface area is 167 Å². The van der Waals surface area contributed by atoms with Crippen molar-refractivity contribution in [1.29, 1.82) is 0 Å². The van der Waals surface area contributed by atoms with Crippen molar-refractivity contribution in [1.82, 2.24) is 9.97 Å². The highest BCUT2D eigenvalue weighted by atomic mass is 35.5. The average Bonchev–Trinajstić information content (AvgIpc) is 3.13. The number of ether oxygens (including phenoxy) is 3. The minimum absolute atomic E-state index is 0.0425. The van der Waals surface area contributed by atoms with Crippen LogP contribution in [0.25, 0.3) is 0 Å². The van der Waals surface area contributed by atoms with Crippen LogP contribution >= 0.6 is 11.6 Å². The summed E-state index contributed by atoms with van der Waals surface area (Å²) in [7, 11) is 0. The number of nitrogens with one attached hydrogen (secondary N) is 2. The summed E-state index contributed by atoms with van der Waals surface area (Å²) in [6.07, 6.45) is 6.41. The third-order valence-electron chi connectivity index (χ3n) is 3.51. The lowest BCUT2D eigenvalue weighted by molar-refractivity contribution is -0.106. The largest absolute Gasteiger partial charge is 0.355 e. The molecular weight excluding hydrogens is 390 g/mol. The first-order chi connectivity index (χ1) is 13.5. The van der Waals surface area contributed by atoms with Crippen molar-refractivity contribution in [2.24, 2.45) is 4.99 Å². The van der Waals surface area contributed by atoms with Gasteiger partial charge in [0.15, 0.2) is 5.15 Å². The average molecular weight is 412 g/mol. The zero-order valence-corrected chi connectivity index (χ0v) is 16.3. The lowest BCUT2D eigenvalue weighted by Gasteiger charge is -2.26. The third kappa shape index (κ3) is 5.80. The van der Waals surface area contributed by atoms with E-state index in [1.807, 2.05) is 13.8 Å². The van der Waals surface area contributed by atoms with Crippen LogP contribution in [0.2, 0.25) is 5.15 Å². The molecule has 0 spiro atoms. The van der Waals surface area contributed by atoms with Gasteiger partial charge in [-0.15, -0.1) is 0 Å². The van der Waals surface area contributed by atoms with E-state index in [1.54, 1.807) is 18.4 Å². The van der Waals surface area contributed by atoms with Crippen molar-refractivity contribution in [3.05, 3.63) is 23.0 Å². The van der Waals surface area contributed by atoms with E-state index in [0.717, 1.165) is 0 Å². The minimum Gasteiger partial charge on any atom is -0.355 e. The van der Waals surface area contributed by atoms with Crippen molar-refractivity contribution in [3.63, 3.8) is 0 Å². The van der Waals surface area contributed by atoms with E-state index < -0.39 is 5.72 Å². The maximum atomic E-state index is 11.0. The lowest BCUT2D eigenvalue weighted by Crippen LogP contribution is -2.28. The van der Waals surface area contributed by atoms with Gasteiger partial charge in [-0.1, -0.05) is 11.6 Å². The molecule has 152 valence electrons. The van der Waals surface area contributed by atoms with Crippen LogP contribution in [0, 0.1) is 0 Å². The summed E-state index contributed by atoms with van der Waals surface area (Å²) < 4.78 is 16.6. The molecule has 0 radical (unpaired) electrons. The maximum absolute atomic E-state index is 11.0. The van der Waals surface area contributed by atoms with E-state index >= 15 is 0 Å². The summed E-state index contributed by atoms with van der Waals surface area (Å²) >= 11 is 6.14. The van der Waals surface area contributed by atoms with Gasteiger partial charge in [0.2, 0.25) is 24.5 Å². The fraction of sp³-hybridized carbons (Fsp3) is 0.471. The van der Waals surface area contributed by atoms with Crippen LogP contribution in [0.3, 0.4) is 0 Å². The van der Waals surface area contributed by atoms with Crippen LogP contribution in [0.1, 0.15) is 26.0 Å². The molecule has 0 saturated carbocycles. The van der Waals surface area contributed by atoms with E-state index in [2.05, 4.69) is 25.6 Å². The number of amides is 2. The first kappa shape index (κ1) is 21.9. The highest BCUT2D eigenvalue weighted by Crippen LogP contribution is 2.38. The summed E-state index contributed by atoms with van der Waals surface area (Å²) in [5.41, 5.74) is -0.984. The second-order valence-electron chi connectivity index (χ2n) is 5.86. The van der Waals surface area contributed by atoms with Crippen LogP contribution < -0.4 is 10.6 Å². The van der Waals surface area contributed by atoms with Gasteiger partial charge in [0.1, 0.15) is 18.2 Å². The molecule has 2 amide bonds. The smallest absolute Gasteiger partial charge is 0.231 e. The maximum Gasteiger partial charge on any atom is 0.231 e. The summed E-state index contributed by atoms with van der Waals surface area (Å²) in [5.74, 6) is -0.0425. The molecule has 2 rings (SSSR count). The molecule has 0 saturated heterocycles. The van der Waals surface area contributed by atoms with E-state index in [-0.39, 0.29) is 42.0 Å². The molecule has 11 heteroatoms. The molecule has 1 aliphatic heterocycles. The predicted molar refractivity (Wildman–Crippen MR) is 103 cm³/mol. The molecule has 1 aromatic heterocycles. The standard InChI is InChI=1S/C17H22ClN5O5/c1-12(2)27-11-26-7-4-8-28-17(5-3-6-21-17)14-13(19-9-24)15(18)23-16(22-14)20-10-25/h3,5-6,9-10,12H,4,7-8,11H2,1-2H3,(H,19,24)(H,20,22,23,25). The van der Waals surface area contributed by atoms with E-state index in [1.165, 1.54) is 0 Å². The van der Waals surface area contributed by atoms with Gasteiger partial charge in [-0.3, -0.25) is 14.9 Å². The normalized spacial score (nSPS) is 17.9. The summed E-state index contributed by atoms with van der Waals surface area (Å²) in [4.78, 5) is 34.2. The molecule has 0 aromatic carbocycles. The molecule has 1 atom stereocenters. The Balaban J connectivity index is 2.13. The van der Waals surface area contributed by atoms with Crippen molar-refractivity contribution >= 4 is 42.3 Å². The number of aromatic nitrogens is 2. The molecule has 1 aromatic rings. The number of rotatable bonds is 13. The number of nitrogens with zero attached hydrogens (tertiary/aromatic N) is 3. The molecule has 10 nitrogen and oxygen atoms in total. The fourth-order valence-electron chi connectivity index (χ4n) is 2.29. The highest BCUT2D eigenvalue weighted by Gasteiger charge is 2.37. The molecule has 1 aliphatic rings. The van der Waals surface area contributed by atoms with Gasteiger partial charge in [-0.25, -0.2) is 9.98 Å². The molecule has 0 fully saturated rings. The van der Waals surface area contributed by atoms with E-state index in [4.69, 9.17) is 25.8 Å². The number of halogens is 1. The van der Waals surface area contributed by atoms with Crippen molar-refractivity contribution in [3.8, 4) is 0 Å². The molecule has 28 heavy (non-hydrogen) atoms. The molecule has 1 unspecified atom stereocenters. The number of hydrogen-bond acceptors (Lipinski definition) is 8. The zero-order valence-electron chi connectivity index (χ0n) is 15.6. The quantitative estimate of drug-likeness (QED) is 0.220. The van der Waals surface area contributed by atoms with Crippen molar-refractivity contribution in [2.75, 3.05) is 30.6 Å². The number of anilines is 2. The Morgan fingerprint density at radius 2 is 2.00 bits per heavy atom. The summed E-state index contributed by atoms with van der Waals surface area (Å²) in [6, 6.07) is 0. The Bertz CT molecular complexity index is 729. The zero-order chi connectivity index (χ0) is 20.4. The molecule has 0 bridgehead atoms. The van der Waals surface area contributed by atoms with Crippen LogP contribution in [-0.2, 0) is 29.5 Å². The minimum atomic E-state index is -1.31. The fourth-order valence-corrected chi connectivity index (χ4v) is 2.52. The van der Waals surface area contributed by atoms with Crippen LogP contribution in [0.15, 0.2) is 17.1 Å². The number of carbonyl (C=O) groups excluding carboxylic acids is 2. The van der Waals surface area contributed by atoms with Gasteiger partial charge in [0.25, 0.3) is 0 Å². The van der Waals surface area contributed by atoms with Crippen LogP contribution in [0.5, 0.6) is 0 Å². The first-order valence-electron chi connectivity index (χ1n) is 8.57.